The Hall–Kier alpha value is -1.38. The lowest BCUT2D eigenvalue weighted by molar-refractivity contribution is 0.422. The fourth-order valence-corrected chi connectivity index (χ4v) is 3.23. The van der Waals surface area contributed by atoms with Crippen LogP contribution >= 0.6 is 11.6 Å². The molecule has 0 radical (unpaired) electrons. The summed E-state index contributed by atoms with van der Waals surface area (Å²) in [5.74, 6) is 0.254. The molecule has 104 valence electrons. The van der Waals surface area contributed by atoms with E-state index in [9.17, 15) is 4.39 Å². The Morgan fingerprint density at radius 1 is 1.30 bits per heavy atom. The van der Waals surface area contributed by atoms with Crippen LogP contribution in [0.1, 0.15) is 22.6 Å². The maximum absolute atomic E-state index is 13.4. The fraction of sp³-hybridized carbons (Fsp3) is 0.294. The lowest BCUT2D eigenvalue weighted by Crippen LogP contribution is -2.39. The zero-order valence-electron chi connectivity index (χ0n) is 11.4. The van der Waals surface area contributed by atoms with Crippen LogP contribution in [0.2, 0.25) is 5.02 Å². The van der Waals surface area contributed by atoms with Crippen LogP contribution < -0.4 is 5.32 Å². The minimum atomic E-state index is -0.228. The second-order valence-electron chi connectivity index (χ2n) is 5.34. The smallest absolute Gasteiger partial charge is 0.123 e. The molecule has 2 aromatic rings. The van der Waals surface area contributed by atoms with Crippen LogP contribution in [0.3, 0.4) is 0 Å². The van der Waals surface area contributed by atoms with E-state index in [4.69, 9.17) is 11.6 Å². The maximum Gasteiger partial charge on any atom is 0.123 e. The molecule has 0 heterocycles. The van der Waals surface area contributed by atoms with Crippen molar-refractivity contribution >= 4 is 11.6 Å². The number of rotatable bonds is 4. The molecule has 0 spiro atoms. The second kappa shape index (κ2) is 5.55. The molecule has 0 bridgehead atoms. The Kier molecular flexibility index (Phi) is 3.77. The quantitative estimate of drug-likeness (QED) is 0.899. The number of fused-ring (bicyclic) bond motifs is 1. The minimum absolute atomic E-state index is 0.228. The number of benzene rings is 2. The molecule has 2 unspecified atom stereocenters. The Bertz CT molecular complexity index is 626. The van der Waals surface area contributed by atoms with Crippen molar-refractivity contribution in [2.24, 2.45) is 0 Å². The van der Waals surface area contributed by atoms with Crippen LogP contribution in [0, 0.1) is 5.82 Å². The molecule has 1 N–H and O–H groups in total. The average molecular weight is 290 g/mol. The Morgan fingerprint density at radius 3 is 2.85 bits per heavy atom. The van der Waals surface area contributed by atoms with E-state index in [-0.39, 0.29) is 11.9 Å². The first-order valence-electron chi connectivity index (χ1n) is 6.88. The van der Waals surface area contributed by atoms with Crippen LogP contribution in [0.4, 0.5) is 4.39 Å². The Labute approximate surface area is 123 Å². The van der Waals surface area contributed by atoms with E-state index in [1.807, 2.05) is 7.05 Å². The third-order valence-corrected chi connectivity index (χ3v) is 4.57. The molecule has 0 amide bonds. The van der Waals surface area contributed by atoms with Crippen LogP contribution in [0.15, 0.2) is 42.5 Å². The average Bonchev–Trinajstić information content (AvgIpc) is 2.43. The van der Waals surface area contributed by atoms with Gasteiger partial charge in [-0.2, -0.15) is 0 Å². The lowest BCUT2D eigenvalue weighted by Gasteiger charge is -2.36. The Balaban J connectivity index is 1.81. The molecule has 20 heavy (non-hydrogen) atoms. The molecule has 0 fully saturated rings. The van der Waals surface area contributed by atoms with Gasteiger partial charge in [0.05, 0.1) is 0 Å². The number of likely N-dealkylation sites (N-methyl/N-ethyl adjacent to an activating group) is 1. The first kappa shape index (κ1) is 13.6. The SMILES string of the molecule is CNC(Cc1cc(F)ccc1Cl)C1Cc2ccccc21. The highest BCUT2D eigenvalue weighted by Crippen LogP contribution is 2.38. The molecule has 0 saturated heterocycles. The maximum atomic E-state index is 13.4. The molecular formula is C17H17ClFN. The summed E-state index contributed by atoms with van der Waals surface area (Å²) in [6, 6.07) is 13.4. The summed E-state index contributed by atoms with van der Waals surface area (Å²) in [5, 5.41) is 4.00. The van der Waals surface area contributed by atoms with Gasteiger partial charge in [0.15, 0.2) is 0 Å². The molecule has 0 aliphatic heterocycles. The van der Waals surface area contributed by atoms with E-state index in [0.717, 1.165) is 18.4 Å². The van der Waals surface area contributed by atoms with E-state index < -0.39 is 0 Å². The highest BCUT2D eigenvalue weighted by atomic mass is 35.5. The van der Waals surface area contributed by atoms with Gasteiger partial charge in [-0.3, -0.25) is 0 Å². The van der Waals surface area contributed by atoms with Crippen LogP contribution in [-0.2, 0) is 12.8 Å². The second-order valence-corrected chi connectivity index (χ2v) is 5.75. The predicted octanol–water partition coefficient (Wildman–Crippen LogP) is 3.95. The third-order valence-electron chi connectivity index (χ3n) is 4.20. The first-order valence-corrected chi connectivity index (χ1v) is 7.26. The zero-order valence-corrected chi connectivity index (χ0v) is 12.1. The third kappa shape index (κ3) is 2.46. The van der Waals surface area contributed by atoms with Crippen molar-refractivity contribution in [1.29, 1.82) is 0 Å². The molecule has 1 aliphatic carbocycles. The van der Waals surface area contributed by atoms with Crippen molar-refractivity contribution in [3.8, 4) is 0 Å². The predicted molar refractivity (Wildman–Crippen MR) is 80.8 cm³/mol. The monoisotopic (exact) mass is 289 g/mol. The van der Waals surface area contributed by atoms with Gasteiger partial charge in [-0.05, 0) is 54.8 Å². The van der Waals surface area contributed by atoms with Crippen molar-refractivity contribution in [3.05, 3.63) is 70.0 Å². The molecular weight excluding hydrogens is 273 g/mol. The fourth-order valence-electron chi connectivity index (χ4n) is 3.04. The minimum Gasteiger partial charge on any atom is -0.316 e. The zero-order chi connectivity index (χ0) is 14.1. The molecule has 0 aromatic heterocycles. The van der Waals surface area contributed by atoms with Gasteiger partial charge < -0.3 is 5.32 Å². The van der Waals surface area contributed by atoms with E-state index in [0.29, 0.717) is 10.9 Å². The number of hydrogen-bond acceptors (Lipinski definition) is 1. The van der Waals surface area contributed by atoms with Gasteiger partial charge >= 0.3 is 0 Å². The van der Waals surface area contributed by atoms with Crippen molar-refractivity contribution in [2.45, 2.75) is 24.8 Å². The highest BCUT2D eigenvalue weighted by molar-refractivity contribution is 6.31. The lowest BCUT2D eigenvalue weighted by atomic mass is 9.72. The Morgan fingerprint density at radius 2 is 2.10 bits per heavy atom. The normalized spacial score (nSPS) is 18.2. The van der Waals surface area contributed by atoms with Crippen LogP contribution in [0.25, 0.3) is 0 Å². The van der Waals surface area contributed by atoms with E-state index in [1.54, 1.807) is 6.07 Å². The number of nitrogens with one attached hydrogen (secondary N) is 1. The van der Waals surface area contributed by atoms with Gasteiger partial charge in [0.1, 0.15) is 5.82 Å². The summed E-state index contributed by atoms with van der Waals surface area (Å²) >= 11 is 6.17. The summed E-state index contributed by atoms with van der Waals surface area (Å²) < 4.78 is 13.4. The van der Waals surface area contributed by atoms with Gasteiger partial charge in [-0.1, -0.05) is 35.9 Å². The first-order chi connectivity index (χ1) is 9.69. The highest BCUT2D eigenvalue weighted by Gasteiger charge is 2.32. The summed E-state index contributed by atoms with van der Waals surface area (Å²) in [4.78, 5) is 0. The molecule has 2 atom stereocenters. The van der Waals surface area contributed by atoms with Gasteiger partial charge in [0.2, 0.25) is 0 Å². The standard InChI is InChI=1S/C17H17ClFN/c1-20-17(10-12-8-13(19)6-7-16(12)18)15-9-11-4-2-3-5-14(11)15/h2-8,15,17,20H,9-10H2,1H3. The molecule has 3 heteroatoms. The van der Waals surface area contributed by atoms with Crippen LogP contribution in [0.5, 0.6) is 0 Å². The number of hydrogen-bond donors (Lipinski definition) is 1. The van der Waals surface area contributed by atoms with E-state index >= 15 is 0 Å². The topological polar surface area (TPSA) is 12.0 Å². The summed E-state index contributed by atoms with van der Waals surface area (Å²) in [5.41, 5.74) is 3.69. The van der Waals surface area contributed by atoms with E-state index in [1.165, 1.54) is 23.3 Å². The van der Waals surface area contributed by atoms with Crippen molar-refractivity contribution in [1.82, 2.24) is 5.32 Å². The largest absolute Gasteiger partial charge is 0.316 e. The van der Waals surface area contributed by atoms with Crippen molar-refractivity contribution in [2.75, 3.05) is 7.05 Å². The van der Waals surface area contributed by atoms with Crippen molar-refractivity contribution < 1.29 is 4.39 Å². The summed E-state index contributed by atoms with van der Waals surface area (Å²) in [6.07, 6.45) is 1.82. The van der Waals surface area contributed by atoms with Gasteiger partial charge in [0, 0.05) is 17.0 Å². The molecule has 2 aromatic carbocycles. The number of halogens is 2. The molecule has 1 nitrogen and oxygen atoms in total. The van der Waals surface area contributed by atoms with Crippen molar-refractivity contribution in [3.63, 3.8) is 0 Å². The van der Waals surface area contributed by atoms with E-state index in [2.05, 4.69) is 29.6 Å². The summed E-state index contributed by atoms with van der Waals surface area (Å²) in [7, 11) is 1.96. The van der Waals surface area contributed by atoms with Gasteiger partial charge in [-0.15, -0.1) is 0 Å². The van der Waals surface area contributed by atoms with Gasteiger partial charge in [-0.25, -0.2) is 4.39 Å². The molecule has 1 aliphatic rings. The van der Waals surface area contributed by atoms with Gasteiger partial charge in [0.25, 0.3) is 0 Å². The summed E-state index contributed by atoms with van der Waals surface area (Å²) in [6.45, 7) is 0. The molecule has 3 rings (SSSR count). The van der Waals surface area contributed by atoms with Crippen LogP contribution in [-0.4, -0.2) is 13.1 Å². The molecule has 0 saturated carbocycles.